The van der Waals surface area contributed by atoms with Crippen LogP contribution in [-0.4, -0.2) is 34.0 Å². The maximum atomic E-state index is 13.9. The lowest BCUT2D eigenvalue weighted by molar-refractivity contribution is -0.121. The minimum absolute atomic E-state index is 0.0517. The Morgan fingerprint density at radius 2 is 1.97 bits per heavy atom. The Morgan fingerprint density at radius 3 is 2.77 bits per heavy atom. The summed E-state index contributed by atoms with van der Waals surface area (Å²) in [4.78, 5) is 28.9. The fraction of sp³-hybridized carbons (Fsp3) is 0.444. The molecular formula is C27H31FN4O3. The van der Waals surface area contributed by atoms with E-state index in [-0.39, 0.29) is 29.8 Å². The number of Topliss-reactive ketones (excluding diaryl/α,β-unsaturated/α-hetero) is 1. The van der Waals surface area contributed by atoms with Crippen LogP contribution in [0.4, 0.5) is 4.39 Å². The molecular weight excluding hydrogens is 447 g/mol. The smallest absolute Gasteiger partial charge is 0.251 e. The summed E-state index contributed by atoms with van der Waals surface area (Å²) in [7, 11) is 0. The summed E-state index contributed by atoms with van der Waals surface area (Å²) in [5.41, 5.74) is 9.50. The van der Waals surface area contributed by atoms with Crippen molar-refractivity contribution in [2.75, 3.05) is 6.61 Å². The Balaban J connectivity index is 1.18. The molecule has 1 unspecified atom stereocenters. The fourth-order valence-corrected chi connectivity index (χ4v) is 5.36. The van der Waals surface area contributed by atoms with E-state index in [2.05, 4.69) is 10.3 Å². The molecule has 1 saturated carbocycles. The maximum Gasteiger partial charge on any atom is 0.251 e. The van der Waals surface area contributed by atoms with Crippen LogP contribution < -0.4 is 21.3 Å². The summed E-state index contributed by atoms with van der Waals surface area (Å²) in [6.45, 7) is 3.01. The van der Waals surface area contributed by atoms with Crippen LogP contribution in [0.5, 0.6) is 5.75 Å². The third-order valence-corrected chi connectivity index (χ3v) is 7.37. The average Bonchev–Trinajstić information content (AvgIpc) is 2.85. The molecule has 0 spiro atoms. The van der Waals surface area contributed by atoms with E-state index >= 15 is 0 Å². The molecule has 1 aliphatic carbocycles. The molecule has 184 valence electrons. The van der Waals surface area contributed by atoms with Crippen LogP contribution in [0.2, 0.25) is 0 Å². The van der Waals surface area contributed by atoms with Crippen LogP contribution in [-0.2, 0) is 24.3 Å². The lowest BCUT2D eigenvalue weighted by atomic mass is 9.81. The third kappa shape index (κ3) is 5.13. The van der Waals surface area contributed by atoms with Crippen LogP contribution in [0, 0.1) is 18.7 Å². The molecule has 2 aromatic heterocycles. The van der Waals surface area contributed by atoms with Gasteiger partial charge in [-0.15, -0.1) is 0 Å². The number of aryl methyl sites for hydroxylation is 1. The normalized spacial score (nSPS) is 20.9. The van der Waals surface area contributed by atoms with Crippen molar-refractivity contribution in [1.29, 1.82) is 0 Å². The quantitative estimate of drug-likeness (QED) is 0.565. The van der Waals surface area contributed by atoms with E-state index in [9.17, 15) is 14.0 Å². The number of benzene rings is 1. The van der Waals surface area contributed by atoms with Crippen molar-refractivity contribution in [3.63, 3.8) is 0 Å². The number of aromatic nitrogens is 2. The van der Waals surface area contributed by atoms with Gasteiger partial charge in [0.2, 0.25) is 0 Å². The van der Waals surface area contributed by atoms with Gasteiger partial charge in [-0.3, -0.25) is 14.6 Å². The summed E-state index contributed by atoms with van der Waals surface area (Å²) in [5, 5.41) is 4.46. The molecule has 1 fully saturated rings. The summed E-state index contributed by atoms with van der Waals surface area (Å²) < 4.78 is 21.0. The highest BCUT2D eigenvalue weighted by Gasteiger charge is 2.26. The number of pyridine rings is 2. The standard InChI is InChI=1S/C27H31FN4O3/c1-16-10-27(34)32(25-11-18(28)4-8-22(16)25)14-23(29)17-2-5-19(6-3-17)30-13-20-7-9-26-24(31-20)12-21(33)15-35-26/h4,7-11,17,19,23,30H,2-3,5-6,12-15,29H2,1H3. The van der Waals surface area contributed by atoms with Gasteiger partial charge in [0.1, 0.15) is 18.2 Å². The van der Waals surface area contributed by atoms with Gasteiger partial charge in [0.05, 0.1) is 23.3 Å². The Hall–Kier alpha value is -3.10. The van der Waals surface area contributed by atoms with Crippen molar-refractivity contribution in [2.24, 2.45) is 11.7 Å². The van der Waals surface area contributed by atoms with Crippen molar-refractivity contribution in [2.45, 2.75) is 64.2 Å². The van der Waals surface area contributed by atoms with Gasteiger partial charge in [0.15, 0.2) is 5.78 Å². The van der Waals surface area contributed by atoms with Crippen LogP contribution in [0.25, 0.3) is 10.9 Å². The molecule has 3 N–H and O–H groups in total. The van der Waals surface area contributed by atoms with Gasteiger partial charge in [-0.2, -0.15) is 0 Å². The molecule has 7 nitrogen and oxygen atoms in total. The molecule has 3 aromatic rings. The predicted molar refractivity (Wildman–Crippen MR) is 132 cm³/mol. The highest BCUT2D eigenvalue weighted by molar-refractivity contribution is 5.84. The lowest BCUT2D eigenvalue weighted by Gasteiger charge is -2.33. The summed E-state index contributed by atoms with van der Waals surface area (Å²) in [6, 6.07) is 10.2. The van der Waals surface area contributed by atoms with Crippen molar-refractivity contribution < 1.29 is 13.9 Å². The Morgan fingerprint density at radius 1 is 1.17 bits per heavy atom. The Bertz CT molecular complexity index is 1310. The summed E-state index contributed by atoms with van der Waals surface area (Å²) in [6.07, 6.45) is 4.24. The number of halogens is 1. The highest BCUT2D eigenvalue weighted by Crippen LogP contribution is 2.28. The first-order valence-corrected chi connectivity index (χ1v) is 12.3. The van der Waals surface area contributed by atoms with Gasteiger partial charge in [-0.25, -0.2) is 4.39 Å². The first-order valence-electron chi connectivity index (χ1n) is 12.3. The monoisotopic (exact) mass is 478 g/mol. The Kier molecular flexibility index (Phi) is 6.67. The molecule has 1 aliphatic heterocycles. The zero-order valence-electron chi connectivity index (χ0n) is 19.9. The minimum atomic E-state index is -0.357. The van der Waals surface area contributed by atoms with Crippen LogP contribution >= 0.6 is 0 Å². The first-order chi connectivity index (χ1) is 16.9. The van der Waals surface area contributed by atoms with Gasteiger partial charge in [0, 0.05) is 36.6 Å². The zero-order valence-corrected chi connectivity index (χ0v) is 19.9. The van der Waals surface area contributed by atoms with Crippen LogP contribution in [0.15, 0.2) is 41.2 Å². The summed E-state index contributed by atoms with van der Waals surface area (Å²) in [5.74, 6) is 0.695. The molecule has 1 atom stereocenters. The van der Waals surface area contributed by atoms with Gasteiger partial charge in [-0.05, 0) is 74.4 Å². The van der Waals surface area contributed by atoms with E-state index in [1.54, 1.807) is 16.7 Å². The number of ether oxygens (including phenoxy) is 1. The first kappa shape index (κ1) is 23.6. The molecule has 3 heterocycles. The topological polar surface area (TPSA) is 99.2 Å². The number of nitrogens with two attached hydrogens (primary N) is 1. The van der Waals surface area contributed by atoms with Crippen LogP contribution in [0.3, 0.4) is 0 Å². The predicted octanol–water partition coefficient (Wildman–Crippen LogP) is 3.02. The van der Waals surface area contributed by atoms with Crippen molar-refractivity contribution >= 4 is 16.7 Å². The van der Waals surface area contributed by atoms with E-state index in [1.807, 2.05) is 19.1 Å². The number of nitrogens with one attached hydrogen (secondary N) is 1. The van der Waals surface area contributed by atoms with Gasteiger partial charge in [0.25, 0.3) is 5.56 Å². The zero-order chi connectivity index (χ0) is 24.5. The maximum absolute atomic E-state index is 13.9. The SMILES string of the molecule is Cc1cc(=O)n(CC(N)C2CCC(NCc3ccc4c(n3)CC(=O)CO4)CC2)c2cc(F)ccc12. The molecule has 35 heavy (non-hydrogen) atoms. The van der Waals surface area contributed by atoms with Gasteiger partial charge < -0.3 is 20.4 Å². The van der Waals surface area contributed by atoms with Crippen molar-refractivity contribution in [1.82, 2.24) is 14.9 Å². The van der Waals surface area contributed by atoms with E-state index in [1.165, 1.54) is 12.1 Å². The number of carbonyl (C=O) groups is 1. The molecule has 0 amide bonds. The van der Waals surface area contributed by atoms with Gasteiger partial charge in [-0.1, -0.05) is 0 Å². The number of hydrogen-bond acceptors (Lipinski definition) is 6. The molecule has 8 heteroatoms. The van der Waals surface area contributed by atoms with E-state index < -0.39 is 0 Å². The molecule has 5 rings (SSSR count). The van der Waals surface area contributed by atoms with Crippen LogP contribution in [0.1, 0.15) is 42.6 Å². The van der Waals surface area contributed by atoms with Gasteiger partial charge >= 0.3 is 0 Å². The van der Waals surface area contributed by atoms with E-state index in [0.717, 1.165) is 42.3 Å². The molecule has 1 aromatic carbocycles. The second-order valence-electron chi connectivity index (χ2n) is 9.85. The molecule has 0 radical (unpaired) electrons. The Labute approximate surface area is 203 Å². The van der Waals surface area contributed by atoms with E-state index in [4.69, 9.17) is 10.5 Å². The minimum Gasteiger partial charge on any atom is -0.484 e. The molecule has 0 bridgehead atoms. The number of nitrogens with zero attached hydrogens (tertiary/aromatic N) is 2. The number of rotatable bonds is 6. The van der Waals surface area contributed by atoms with E-state index in [0.29, 0.717) is 48.4 Å². The average molecular weight is 479 g/mol. The number of hydrogen-bond donors (Lipinski definition) is 2. The number of fused-ring (bicyclic) bond motifs is 2. The second kappa shape index (κ2) is 9.87. The fourth-order valence-electron chi connectivity index (χ4n) is 5.36. The lowest BCUT2D eigenvalue weighted by Crippen LogP contribution is -2.42. The molecule has 0 saturated heterocycles. The summed E-state index contributed by atoms with van der Waals surface area (Å²) >= 11 is 0. The number of carbonyl (C=O) groups excluding carboxylic acids is 1. The second-order valence-corrected chi connectivity index (χ2v) is 9.85. The largest absolute Gasteiger partial charge is 0.484 e. The molecule has 2 aliphatic rings. The third-order valence-electron chi connectivity index (χ3n) is 7.37. The van der Waals surface area contributed by atoms with Crippen molar-refractivity contribution in [3.8, 4) is 5.75 Å². The van der Waals surface area contributed by atoms with Crippen molar-refractivity contribution in [3.05, 3.63) is 69.5 Å². The number of ketones is 1. The highest BCUT2D eigenvalue weighted by atomic mass is 19.1.